The van der Waals surface area contributed by atoms with Crippen molar-refractivity contribution in [2.24, 2.45) is 11.3 Å². The Labute approximate surface area is 118 Å². The maximum atomic E-state index is 10.6. The van der Waals surface area contributed by atoms with Gasteiger partial charge < -0.3 is 5.11 Å². The summed E-state index contributed by atoms with van der Waals surface area (Å²) in [5.74, 6) is 0.396. The van der Waals surface area contributed by atoms with Crippen molar-refractivity contribution in [1.29, 1.82) is 0 Å². The molecule has 1 aromatic carbocycles. The molecule has 106 valence electrons. The van der Waals surface area contributed by atoms with Crippen LogP contribution in [0.25, 0.3) is 0 Å². The number of aliphatic hydroxyl groups is 1. The fourth-order valence-corrected chi connectivity index (χ4v) is 3.35. The van der Waals surface area contributed by atoms with Gasteiger partial charge in [-0.05, 0) is 40.7 Å². The van der Waals surface area contributed by atoms with E-state index in [9.17, 15) is 5.11 Å². The van der Waals surface area contributed by atoms with E-state index in [1.165, 1.54) is 18.4 Å². The highest BCUT2D eigenvalue weighted by atomic mass is 16.3. The Morgan fingerprint density at radius 2 is 1.74 bits per heavy atom. The van der Waals surface area contributed by atoms with Gasteiger partial charge >= 0.3 is 0 Å². The molecule has 2 unspecified atom stereocenters. The topological polar surface area (TPSA) is 20.2 Å². The van der Waals surface area contributed by atoms with E-state index < -0.39 is 0 Å². The molecule has 0 heterocycles. The summed E-state index contributed by atoms with van der Waals surface area (Å²) in [7, 11) is 0. The molecule has 2 atom stereocenters. The van der Waals surface area contributed by atoms with Crippen molar-refractivity contribution in [1.82, 2.24) is 0 Å². The molecule has 19 heavy (non-hydrogen) atoms. The Balaban J connectivity index is 2.18. The SMILES string of the molecule is CC(C)(C)c1ccc(C(O)C2CCCC2(C)C)cc1. The summed E-state index contributed by atoms with van der Waals surface area (Å²) in [5.41, 5.74) is 2.85. The van der Waals surface area contributed by atoms with E-state index in [4.69, 9.17) is 0 Å². The summed E-state index contributed by atoms with van der Waals surface area (Å²) in [4.78, 5) is 0. The van der Waals surface area contributed by atoms with E-state index in [2.05, 4.69) is 58.9 Å². The minimum atomic E-state index is -0.313. The lowest BCUT2D eigenvalue weighted by Crippen LogP contribution is -2.24. The third-order valence-electron chi connectivity index (χ3n) is 4.84. The standard InChI is InChI=1S/C18H28O/c1-17(2,3)14-10-8-13(9-11-14)16(19)15-7-6-12-18(15,4)5/h8-11,15-16,19H,6-7,12H2,1-5H3. The Kier molecular flexibility index (Phi) is 3.79. The van der Waals surface area contributed by atoms with Gasteiger partial charge in [-0.2, -0.15) is 0 Å². The second-order valence-electron chi connectivity index (χ2n) is 7.80. The minimum absolute atomic E-state index is 0.177. The van der Waals surface area contributed by atoms with Crippen LogP contribution in [0.1, 0.15) is 71.1 Å². The first-order chi connectivity index (χ1) is 8.72. The zero-order chi connectivity index (χ0) is 14.3. The van der Waals surface area contributed by atoms with Gasteiger partial charge in [-0.3, -0.25) is 0 Å². The van der Waals surface area contributed by atoms with Gasteiger partial charge in [0.1, 0.15) is 0 Å². The summed E-state index contributed by atoms with van der Waals surface area (Å²) >= 11 is 0. The van der Waals surface area contributed by atoms with Crippen LogP contribution in [0.3, 0.4) is 0 Å². The Morgan fingerprint density at radius 1 is 1.16 bits per heavy atom. The van der Waals surface area contributed by atoms with Gasteiger partial charge in [-0.15, -0.1) is 0 Å². The van der Waals surface area contributed by atoms with E-state index in [0.29, 0.717) is 5.92 Å². The first-order valence-electron chi connectivity index (χ1n) is 7.50. The van der Waals surface area contributed by atoms with E-state index in [-0.39, 0.29) is 16.9 Å². The summed E-state index contributed by atoms with van der Waals surface area (Å²) in [6, 6.07) is 8.56. The molecule has 1 nitrogen and oxygen atoms in total. The van der Waals surface area contributed by atoms with Crippen LogP contribution in [-0.2, 0) is 5.41 Å². The lowest BCUT2D eigenvalue weighted by atomic mass is 9.76. The van der Waals surface area contributed by atoms with Crippen LogP contribution in [0.15, 0.2) is 24.3 Å². The molecule has 0 spiro atoms. The van der Waals surface area contributed by atoms with E-state index in [1.807, 2.05) is 0 Å². The van der Waals surface area contributed by atoms with Crippen molar-refractivity contribution in [2.75, 3.05) is 0 Å². The highest BCUT2D eigenvalue weighted by molar-refractivity contribution is 5.29. The van der Waals surface area contributed by atoms with Crippen LogP contribution in [0.4, 0.5) is 0 Å². The van der Waals surface area contributed by atoms with E-state index in [0.717, 1.165) is 12.0 Å². The largest absolute Gasteiger partial charge is 0.388 e. The van der Waals surface area contributed by atoms with Crippen LogP contribution < -0.4 is 0 Å². The number of benzene rings is 1. The maximum absolute atomic E-state index is 10.6. The molecule has 1 aliphatic carbocycles. The fourth-order valence-electron chi connectivity index (χ4n) is 3.35. The molecule has 0 radical (unpaired) electrons. The first-order valence-corrected chi connectivity index (χ1v) is 7.50. The van der Waals surface area contributed by atoms with Crippen LogP contribution >= 0.6 is 0 Å². The predicted octanol–water partition coefficient (Wildman–Crippen LogP) is 4.84. The molecule has 1 aliphatic rings. The fraction of sp³-hybridized carbons (Fsp3) is 0.667. The lowest BCUT2D eigenvalue weighted by molar-refractivity contribution is 0.0531. The number of hydrogen-bond acceptors (Lipinski definition) is 1. The van der Waals surface area contributed by atoms with Gasteiger partial charge in [0.15, 0.2) is 0 Å². The van der Waals surface area contributed by atoms with E-state index in [1.54, 1.807) is 0 Å². The van der Waals surface area contributed by atoms with Crippen molar-refractivity contribution in [3.8, 4) is 0 Å². The number of hydrogen-bond donors (Lipinski definition) is 1. The molecule has 0 aromatic heterocycles. The molecule has 1 heteroatoms. The molecule has 1 saturated carbocycles. The van der Waals surface area contributed by atoms with Crippen LogP contribution in [0.2, 0.25) is 0 Å². The predicted molar refractivity (Wildman–Crippen MR) is 81.2 cm³/mol. The first kappa shape index (κ1) is 14.6. The zero-order valence-electron chi connectivity index (χ0n) is 13.0. The number of aliphatic hydroxyl groups excluding tert-OH is 1. The van der Waals surface area contributed by atoms with Gasteiger partial charge in [-0.25, -0.2) is 0 Å². The molecule has 0 aliphatic heterocycles. The Bertz CT molecular complexity index is 422. The molecule has 1 fully saturated rings. The summed E-state index contributed by atoms with van der Waals surface area (Å²) < 4.78 is 0. The Morgan fingerprint density at radius 3 is 2.16 bits per heavy atom. The highest BCUT2D eigenvalue weighted by Crippen LogP contribution is 2.48. The third kappa shape index (κ3) is 3.02. The van der Waals surface area contributed by atoms with Crippen molar-refractivity contribution in [3.63, 3.8) is 0 Å². The lowest BCUT2D eigenvalue weighted by Gasteiger charge is -2.31. The van der Waals surface area contributed by atoms with Crippen LogP contribution in [0, 0.1) is 11.3 Å². The third-order valence-corrected chi connectivity index (χ3v) is 4.84. The van der Waals surface area contributed by atoms with Crippen molar-refractivity contribution in [3.05, 3.63) is 35.4 Å². The quantitative estimate of drug-likeness (QED) is 0.806. The normalized spacial score (nSPS) is 24.4. The monoisotopic (exact) mass is 260 g/mol. The molecular weight excluding hydrogens is 232 g/mol. The van der Waals surface area contributed by atoms with Gasteiger partial charge in [-0.1, -0.05) is 65.3 Å². The van der Waals surface area contributed by atoms with E-state index >= 15 is 0 Å². The summed E-state index contributed by atoms with van der Waals surface area (Å²) in [5, 5.41) is 10.6. The maximum Gasteiger partial charge on any atom is 0.0823 e. The molecule has 1 aromatic rings. The van der Waals surface area contributed by atoms with Gasteiger partial charge in [0, 0.05) is 0 Å². The highest BCUT2D eigenvalue weighted by Gasteiger charge is 2.39. The van der Waals surface area contributed by atoms with Crippen molar-refractivity contribution in [2.45, 2.75) is 65.4 Å². The molecule has 0 bridgehead atoms. The smallest absolute Gasteiger partial charge is 0.0823 e. The Hall–Kier alpha value is -0.820. The van der Waals surface area contributed by atoms with Gasteiger partial charge in [0.2, 0.25) is 0 Å². The molecule has 0 saturated heterocycles. The average molecular weight is 260 g/mol. The minimum Gasteiger partial charge on any atom is -0.388 e. The van der Waals surface area contributed by atoms with Gasteiger partial charge in [0.05, 0.1) is 6.10 Å². The second-order valence-corrected chi connectivity index (χ2v) is 7.80. The second kappa shape index (κ2) is 4.94. The molecule has 0 amide bonds. The van der Waals surface area contributed by atoms with Gasteiger partial charge in [0.25, 0.3) is 0 Å². The summed E-state index contributed by atoms with van der Waals surface area (Å²) in [6.45, 7) is 11.2. The molecule has 1 N–H and O–H groups in total. The van der Waals surface area contributed by atoms with Crippen molar-refractivity contribution < 1.29 is 5.11 Å². The zero-order valence-corrected chi connectivity index (χ0v) is 13.0. The number of rotatable bonds is 2. The molecular formula is C18H28O. The summed E-state index contributed by atoms with van der Waals surface area (Å²) in [6.07, 6.45) is 3.31. The van der Waals surface area contributed by atoms with Crippen molar-refractivity contribution >= 4 is 0 Å². The van der Waals surface area contributed by atoms with Crippen LogP contribution in [0.5, 0.6) is 0 Å². The molecule has 2 rings (SSSR count). The average Bonchev–Trinajstić information content (AvgIpc) is 2.67. The van der Waals surface area contributed by atoms with Crippen LogP contribution in [-0.4, -0.2) is 5.11 Å².